The molecule has 0 radical (unpaired) electrons. The Hall–Kier alpha value is 0.140. The van der Waals surface area contributed by atoms with Crippen molar-refractivity contribution in [3.8, 4) is 0 Å². The molecule has 0 aliphatic rings. The van der Waals surface area contributed by atoms with Gasteiger partial charge in [0.1, 0.15) is 0 Å². The minimum absolute atomic E-state index is 0.189. The van der Waals surface area contributed by atoms with Crippen LogP contribution in [0.15, 0.2) is 15.9 Å². The van der Waals surface area contributed by atoms with Gasteiger partial charge < -0.3 is 5.32 Å². The van der Waals surface area contributed by atoms with Crippen LogP contribution in [0, 0.1) is 5.41 Å². The van der Waals surface area contributed by atoms with E-state index in [2.05, 4.69) is 68.0 Å². The minimum Gasteiger partial charge on any atom is -0.307 e. The molecule has 0 saturated heterocycles. The van der Waals surface area contributed by atoms with Gasteiger partial charge in [-0.05, 0) is 53.7 Å². The molecule has 0 atom stereocenters. The van der Waals surface area contributed by atoms with Gasteiger partial charge in [-0.2, -0.15) is 0 Å². The van der Waals surface area contributed by atoms with Gasteiger partial charge in [0.25, 0.3) is 0 Å². The standard InChI is InChI=1S/C13H22BrNS/c1-12(2,3)9-13(4,5)15-8-10-6-7-11(14)16-10/h6-7,15H,8-9H2,1-5H3. The van der Waals surface area contributed by atoms with Crippen molar-refractivity contribution in [2.45, 2.75) is 53.1 Å². The Morgan fingerprint density at radius 1 is 1.19 bits per heavy atom. The molecule has 1 heterocycles. The van der Waals surface area contributed by atoms with E-state index in [1.54, 1.807) is 11.3 Å². The first-order valence-corrected chi connectivity index (χ1v) is 7.28. The largest absolute Gasteiger partial charge is 0.307 e. The molecular weight excluding hydrogens is 282 g/mol. The zero-order valence-corrected chi connectivity index (χ0v) is 13.3. The van der Waals surface area contributed by atoms with Crippen molar-refractivity contribution in [2.75, 3.05) is 0 Å². The van der Waals surface area contributed by atoms with Crippen molar-refractivity contribution in [1.29, 1.82) is 0 Å². The third-order valence-electron chi connectivity index (χ3n) is 2.34. The Morgan fingerprint density at radius 2 is 1.81 bits per heavy atom. The average molecular weight is 304 g/mol. The van der Waals surface area contributed by atoms with Gasteiger partial charge in [0, 0.05) is 17.0 Å². The molecular formula is C13H22BrNS. The highest BCUT2D eigenvalue weighted by Crippen LogP contribution is 2.28. The van der Waals surface area contributed by atoms with Gasteiger partial charge in [-0.25, -0.2) is 0 Å². The lowest BCUT2D eigenvalue weighted by atomic mass is 9.82. The zero-order valence-electron chi connectivity index (χ0n) is 10.9. The minimum atomic E-state index is 0.189. The SMILES string of the molecule is CC(C)(C)CC(C)(C)NCc1ccc(Br)s1. The van der Waals surface area contributed by atoms with E-state index in [1.807, 2.05) is 0 Å². The summed E-state index contributed by atoms with van der Waals surface area (Å²) in [6.07, 6.45) is 1.17. The second kappa shape index (κ2) is 5.19. The van der Waals surface area contributed by atoms with E-state index in [1.165, 1.54) is 15.1 Å². The van der Waals surface area contributed by atoms with Crippen molar-refractivity contribution in [3.63, 3.8) is 0 Å². The van der Waals surface area contributed by atoms with E-state index in [0.717, 1.165) is 6.54 Å². The van der Waals surface area contributed by atoms with E-state index in [0.29, 0.717) is 5.41 Å². The fourth-order valence-electron chi connectivity index (χ4n) is 2.16. The van der Waals surface area contributed by atoms with Crippen molar-refractivity contribution in [2.24, 2.45) is 5.41 Å². The van der Waals surface area contributed by atoms with Gasteiger partial charge in [0.2, 0.25) is 0 Å². The predicted molar refractivity (Wildman–Crippen MR) is 77.0 cm³/mol. The van der Waals surface area contributed by atoms with Crippen LogP contribution < -0.4 is 5.32 Å². The number of rotatable bonds is 4. The molecule has 1 aromatic heterocycles. The highest BCUT2D eigenvalue weighted by atomic mass is 79.9. The molecule has 1 N–H and O–H groups in total. The summed E-state index contributed by atoms with van der Waals surface area (Å²) in [5.41, 5.74) is 0.557. The molecule has 0 amide bonds. The van der Waals surface area contributed by atoms with Crippen molar-refractivity contribution >= 4 is 27.3 Å². The first kappa shape index (κ1) is 14.2. The Morgan fingerprint density at radius 3 is 2.25 bits per heavy atom. The molecule has 92 valence electrons. The van der Waals surface area contributed by atoms with Crippen molar-refractivity contribution in [3.05, 3.63) is 20.8 Å². The van der Waals surface area contributed by atoms with Crippen molar-refractivity contribution in [1.82, 2.24) is 5.32 Å². The van der Waals surface area contributed by atoms with Gasteiger partial charge in [-0.1, -0.05) is 20.8 Å². The number of nitrogens with one attached hydrogen (secondary N) is 1. The Kier molecular flexibility index (Phi) is 4.61. The molecule has 3 heteroatoms. The molecule has 0 spiro atoms. The lowest BCUT2D eigenvalue weighted by Gasteiger charge is -2.33. The molecule has 0 unspecified atom stereocenters. The maximum Gasteiger partial charge on any atom is 0.0701 e. The highest BCUT2D eigenvalue weighted by Gasteiger charge is 2.24. The van der Waals surface area contributed by atoms with Gasteiger partial charge >= 0.3 is 0 Å². The molecule has 1 rings (SSSR count). The summed E-state index contributed by atoms with van der Waals surface area (Å²) in [4.78, 5) is 1.38. The summed E-state index contributed by atoms with van der Waals surface area (Å²) in [6, 6.07) is 4.29. The van der Waals surface area contributed by atoms with Crippen LogP contribution in [0.2, 0.25) is 0 Å². The summed E-state index contributed by atoms with van der Waals surface area (Å²) < 4.78 is 1.21. The third kappa shape index (κ3) is 5.46. The molecule has 1 aromatic rings. The quantitative estimate of drug-likeness (QED) is 0.841. The summed E-state index contributed by atoms with van der Waals surface area (Å²) in [6.45, 7) is 12.4. The second-order valence-electron chi connectivity index (χ2n) is 6.18. The van der Waals surface area contributed by atoms with Crippen LogP contribution in [0.25, 0.3) is 0 Å². The van der Waals surface area contributed by atoms with Gasteiger partial charge in [-0.15, -0.1) is 11.3 Å². The lowest BCUT2D eigenvalue weighted by Crippen LogP contribution is -2.41. The monoisotopic (exact) mass is 303 g/mol. The van der Waals surface area contributed by atoms with Crippen molar-refractivity contribution < 1.29 is 0 Å². The summed E-state index contributed by atoms with van der Waals surface area (Å²) >= 11 is 5.29. The number of halogens is 1. The second-order valence-corrected chi connectivity index (χ2v) is 8.73. The molecule has 0 aromatic carbocycles. The van der Waals surface area contributed by atoms with Gasteiger partial charge in [-0.3, -0.25) is 0 Å². The molecule has 0 aliphatic carbocycles. The summed E-state index contributed by atoms with van der Waals surface area (Å²) in [7, 11) is 0. The maximum atomic E-state index is 3.63. The molecule has 0 saturated carbocycles. The fourth-order valence-corrected chi connectivity index (χ4v) is 3.58. The number of hydrogen-bond donors (Lipinski definition) is 1. The topological polar surface area (TPSA) is 12.0 Å². The highest BCUT2D eigenvalue weighted by molar-refractivity contribution is 9.11. The maximum absolute atomic E-state index is 3.63. The van der Waals surface area contributed by atoms with E-state index < -0.39 is 0 Å². The van der Waals surface area contributed by atoms with Crippen LogP contribution in [0.1, 0.15) is 45.9 Å². The molecule has 0 aliphatic heterocycles. The predicted octanol–water partition coefficient (Wildman–Crippen LogP) is 4.82. The zero-order chi connectivity index (χ0) is 12.4. The summed E-state index contributed by atoms with van der Waals surface area (Å²) in [5.74, 6) is 0. The number of thiophene rings is 1. The normalized spacial score (nSPS) is 13.1. The van der Waals surface area contributed by atoms with E-state index in [9.17, 15) is 0 Å². The smallest absolute Gasteiger partial charge is 0.0701 e. The average Bonchev–Trinajstić information content (AvgIpc) is 2.44. The first-order valence-electron chi connectivity index (χ1n) is 5.67. The Bertz CT molecular complexity index is 336. The van der Waals surface area contributed by atoms with Crippen LogP contribution >= 0.6 is 27.3 Å². The first-order chi connectivity index (χ1) is 7.18. The molecule has 1 nitrogen and oxygen atoms in total. The molecule has 16 heavy (non-hydrogen) atoms. The van der Waals surface area contributed by atoms with Gasteiger partial charge in [0.05, 0.1) is 3.79 Å². The lowest BCUT2D eigenvalue weighted by molar-refractivity contribution is 0.241. The van der Waals surface area contributed by atoms with E-state index in [4.69, 9.17) is 0 Å². The Balaban J connectivity index is 2.47. The Labute approximate surface area is 112 Å². The molecule has 0 bridgehead atoms. The molecule has 0 fully saturated rings. The van der Waals surface area contributed by atoms with E-state index in [-0.39, 0.29) is 5.54 Å². The third-order valence-corrected chi connectivity index (χ3v) is 3.97. The van der Waals surface area contributed by atoms with Crippen LogP contribution in [-0.2, 0) is 6.54 Å². The fraction of sp³-hybridized carbons (Fsp3) is 0.692. The van der Waals surface area contributed by atoms with Gasteiger partial charge in [0.15, 0.2) is 0 Å². The summed E-state index contributed by atoms with van der Waals surface area (Å²) in [5, 5.41) is 3.63. The van der Waals surface area contributed by atoms with Crippen LogP contribution in [0.3, 0.4) is 0 Å². The van der Waals surface area contributed by atoms with E-state index >= 15 is 0 Å². The van der Waals surface area contributed by atoms with Crippen LogP contribution in [0.5, 0.6) is 0 Å². The number of hydrogen-bond acceptors (Lipinski definition) is 2. The van der Waals surface area contributed by atoms with Crippen LogP contribution in [-0.4, -0.2) is 5.54 Å². The van der Waals surface area contributed by atoms with Crippen LogP contribution in [0.4, 0.5) is 0 Å².